The minimum absolute atomic E-state index is 0.00979. The van der Waals surface area contributed by atoms with Crippen LogP contribution in [0.15, 0.2) is 85.2 Å². The number of likely N-dealkylation sites (tertiary alicyclic amines) is 1. The van der Waals surface area contributed by atoms with Crippen molar-refractivity contribution in [2.24, 2.45) is 0 Å². The summed E-state index contributed by atoms with van der Waals surface area (Å²) in [5.41, 5.74) is 4.64. The van der Waals surface area contributed by atoms with Gasteiger partial charge >= 0.3 is 0 Å². The average Bonchev–Trinajstić information content (AvgIpc) is 2.81. The number of rotatable bonds is 6. The van der Waals surface area contributed by atoms with Gasteiger partial charge in [-0.05, 0) is 60.8 Å². The van der Waals surface area contributed by atoms with Gasteiger partial charge in [0.2, 0.25) is 5.91 Å². The zero-order valence-electron chi connectivity index (χ0n) is 18.0. The van der Waals surface area contributed by atoms with Crippen LogP contribution in [-0.4, -0.2) is 28.9 Å². The maximum absolute atomic E-state index is 11.2. The number of benzene rings is 2. The van der Waals surface area contributed by atoms with Gasteiger partial charge in [0.05, 0.1) is 0 Å². The van der Waals surface area contributed by atoms with E-state index in [0.29, 0.717) is 0 Å². The molecule has 0 spiro atoms. The second kappa shape index (κ2) is 9.71. The molecule has 1 aromatic heterocycles. The molecule has 0 radical (unpaired) electrons. The third kappa shape index (κ3) is 5.47. The van der Waals surface area contributed by atoms with Crippen molar-refractivity contribution < 1.29 is 4.79 Å². The lowest BCUT2D eigenvalue weighted by Gasteiger charge is -2.40. The molecule has 1 N–H and O–H groups in total. The Bertz CT molecular complexity index is 1010. The molecule has 0 unspecified atom stereocenters. The molecule has 1 aliphatic rings. The first-order valence-electron chi connectivity index (χ1n) is 10.9. The first kappa shape index (κ1) is 21.0. The van der Waals surface area contributed by atoms with Gasteiger partial charge in [-0.1, -0.05) is 60.7 Å². The Hall–Kier alpha value is -3.24. The van der Waals surface area contributed by atoms with E-state index in [1.807, 2.05) is 30.6 Å². The number of hydrogen-bond acceptors (Lipinski definition) is 3. The molecule has 0 atom stereocenters. The number of carbonyl (C=O) groups excluding carboxylic acids is 1. The van der Waals surface area contributed by atoms with Crippen LogP contribution in [0.1, 0.15) is 36.5 Å². The Labute approximate surface area is 184 Å². The first-order chi connectivity index (χ1) is 15.1. The zero-order valence-corrected chi connectivity index (χ0v) is 18.0. The van der Waals surface area contributed by atoms with E-state index in [0.717, 1.165) is 38.2 Å². The summed E-state index contributed by atoms with van der Waals surface area (Å²) in [6.45, 7) is 4.51. The zero-order chi connectivity index (χ0) is 21.5. The minimum atomic E-state index is -0.0425. The summed E-state index contributed by atoms with van der Waals surface area (Å²) in [7, 11) is 0. The van der Waals surface area contributed by atoms with Crippen LogP contribution in [0, 0.1) is 0 Å². The van der Waals surface area contributed by atoms with Gasteiger partial charge in [0.1, 0.15) is 0 Å². The fraction of sp³-hybridized carbons (Fsp3) is 0.259. The van der Waals surface area contributed by atoms with Crippen LogP contribution < -0.4 is 5.32 Å². The van der Waals surface area contributed by atoms with Crippen molar-refractivity contribution in [3.63, 3.8) is 0 Å². The van der Waals surface area contributed by atoms with Crippen molar-refractivity contribution in [3.05, 3.63) is 102 Å². The molecule has 1 amide bonds. The molecule has 4 rings (SSSR count). The first-order valence-corrected chi connectivity index (χ1v) is 10.9. The van der Waals surface area contributed by atoms with E-state index >= 15 is 0 Å². The highest BCUT2D eigenvalue weighted by molar-refractivity contribution is 5.88. The van der Waals surface area contributed by atoms with Crippen LogP contribution >= 0.6 is 0 Å². The second-order valence-electron chi connectivity index (χ2n) is 8.30. The van der Waals surface area contributed by atoms with Crippen LogP contribution in [0.3, 0.4) is 0 Å². The molecule has 2 heterocycles. The summed E-state index contributed by atoms with van der Waals surface area (Å²) in [5.74, 6) is -0.0425. The molecule has 0 bridgehead atoms. The predicted molar refractivity (Wildman–Crippen MR) is 127 cm³/mol. The quantitative estimate of drug-likeness (QED) is 0.600. The number of anilines is 1. The lowest BCUT2D eigenvalue weighted by Crippen LogP contribution is -2.41. The van der Waals surface area contributed by atoms with Gasteiger partial charge in [0.15, 0.2) is 0 Å². The van der Waals surface area contributed by atoms with Gasteiger partial charge in [0.25, 0.3) is 0 Å². The van der Waals surface area contributed by atoms with Gasteiger partial charge in [0, 0.05) is 37.0 Å². The highest BCUT2D eigenvalue weighted by Gasteiger charge is 2.34. The van der Waals surface area contributed by atoms with E-state index in [-0.39, 0.29) is 11.3 Å². The van der Waals surface area contributed by atoms with Crippen LogP contribution in [0.5, 0.6) is 0 Å². The number of nitrogens with one attached hydrogen (secondary N) is 1. The molecular weight excluding hydrogens is 382 g/mol. The maximum atomic E-state index is 11.2. The van der Waals surface area contributed by atoms with Gasteiger partial charge in [-0.25, -0.2) is 0 Å². The number of allylic oxidation sites excluding steroid dienone is 1. The SMILES string of the molecule is CC(=O)Nc1ccc(CN2CCC(C=Cc3ccccc3)(c3cccnc3)CC2)cc1. The van der Waals surface area contributed by atoms with Crippen LogP contribution in [0.2, 0.25) is 0 Å². The number of carbonyl (C=O) groups is 1. The molecule has 0 aliphatic carbocycles. The van der Waals surface area contributed by atoms with Crippen LogP contribution in [0.25, 0.3) is 6.08 Å². The number of nitrogens with zero attached hydrogens (tertiary/aromatic N) is 2. The molecule has 0 saturated carbocycles. The summed E-state index contributed by atoms with van der Waals surface area (Å²) < 4.78 is 0. The van der Waals surface area contributed by atoms with E-state index in [1.54, 1.807) is 0 Å². The van der Waals surface area contributed by atoms with Crippen molar-refractivity contribution >= 4 is 17.7 Å². The molecule has 1 fully saturated rings. The lowest BCUT2D eigenvalue weighted by molar-refractivity contribution is -0.114. The van der Waals surface area contributed by atoms with E-state index in [4.69, 9.17) is 0 Å². The van der Waals surface area contributed by atoms with E-state index in [2.05, 4.69) is 75.9 Å². The summed E-state index contributed by atoms with van der Waals surface area (Å²) in [4.78, 5) is 18.1. The molecule has 1 saturated heterocycles. The van der Waals surface area contributed by atoms with Crippen LogP contribution in [0.4, 0.5) is 5.69 Å². The number of amides is 1. The average molecular weight is 412 g/mol. The Morgan fingerprint density at radius 2 is 1.77 bits per heavy atom. The standard InChI is InChI=1S/C27H29N3O/c1-22(31)29-26-11-9-24(10-12-26)21-30-18-15-27(16-19-30,25-8-5-17-28-20-25)14-13-23-6-3-2-4-7-23/h2-14,17,20H,15-16,18-19,21H2,1H3,(H,29,31). The van der Waals surface area contributed by atoms with Crippen molar-refractivity contribution in [3.8, 4) is 0 Å². The molecule has 4 heteroatoms. The third-order valence-corrected chi connectivity index (χ3v) is 6.06. The fourth-order valence-corrected chi connectivity index (χ4v) is 4.29. The summed E-state index contributed by atoms with van der Waals surface area (Å²) >= 11 is 0. The number of pyridine rings is 1. The molecule has 1 aliphatic heterocycles. The normalized spacial score (nSPS) is 16.3. The van der Waals surface area contributed by atoms with Gasteiger partial charge in [-0.15, -0.1) is 0 Å². The number of piperidine rings is 1. The highest BCUT2D eigenvalue weighted by Crippen LogP contribution is 2.37. The third-order valence-electron chi connectivity index (χ3n) is 6.06. The predicted octanol–water partition coefficient (Wildman–Crippen LogP) is 5.29. The fourth-order valence-electron chi connectivity index (χ4n) is 4.29. The van der Waals surface area contributed by atoms with Crippen molar-refractivity contribution in [1.82, 2.24) is 9.88 Å². The summed E-state index contributed by atoms with van der Waals surface area (Å²) in [5, 5.41) is 2.83. The Morgan fingerprint density at radius 3 is 2.42 bits per heavy atom. The van der Waals surface area contributed by atoms with E-state index in [1.165, 1.54) is 23.6 Å². The van der Waals surface area contributed by atoms with Gasteiger partial charge in [-0.2, -0.15) is 0 Å². The minimum Gasteiger partial charge on any atom is -0.326 e. The number of aromatic nitrogens is 1. The Morgan fingerprint density at radius 1 is 1.03 bits per heavy atom. The largest absolute Gasteiger partial charge is 0.326 e. The Balaban J connectivity index is 1.46. The molecule has 158 valence electrons. The van der Waals surface area contributed by atoms with Crippen molar-refractivity contribution in [1.29, 1.82) is 0 Å². The maximum Gasteiger partial charge on any atom is 0.221 e. The van der Waals surface area contributed by atoms with Crippen LogP contribution in [-0.2, 0) is 16.8 Å². The monoisotopic (exact) mass is 411 g/mol. The van der Waals surface area contributed by atoms with Crippen molar-refractivity contribution in [2.75, 3.05) is 18.4 Å². The van der Waals surface area contributed by atoms with E-state index < -0.39 is 0 Å². The lowest BCUT2D eigenvalue weighted by atomic mass is 9.73. The second-order valence-corrected chi connectivity index (χ2v) is 8.30. The molecule has 3 aromatic rings. The summed E-state index contributed by atoms with van der Waals surface area (Å²) in [6.07, 6.45) is 10.6. The van der Waals surface area contributed by atoms with Gasteiger partial charge in [-0.3, -0.25) is 14.7 Å². The molecular formula is C27H29N3O. The van der Waals surface area contributed by atoms with Gasteiger partial charge < -0.3 is 5.32 Å². The molecule has 4 nitrogen and oxygen atoms in total. The molecule has 31 heavy (non-hydrogen) atoms. The van der Waals surface area contributed by atoms with Crippen molar-refractivity contribution in [2.45, 2.75) is 31.7 Å². The molecule has 2 aromatic carbocycles. The highest BCUT2D eigenvalue weighted by atomic mass is 16.1. The summed E-state index contributed by atoms with van der Waals surface area (Å²) in [6, 6.07) is 22.9. The Kier molecular flexibility index (Phi) is 6.58. The number of hydrogen-bond donors (Lipinski definition) is 1. The smallest absolute Gasteiger partial charge is 0.221 e. The van der Waals surface area contributed by atoms with E-state index in [9.17, 15) is 4.79 Å². The topological polar surface area (TPSA) is 45.2 Å².